The van der Waals surface area contributed by atoms with Crippen LogP contribution in [-0.4, -0.2) is 125 Å². The molecule has 5 aromatic rings. The van der Waals surface area contributed by atoms with Crippen molar-refractivity contribution in [2.45, 2.75) is 73.5 Å². The van der Waals surface area contributed by atoms with E-state index in [4.69, 9.17) is 34.8 Å². The molecule has 4 fully saturated rings. The van der Waals surface area contributed by atoms with Gasteiger partial charge in [0.1, 0.15) is 51.9 Å². The molecular weight excluding hydrogens is 1020 g/mol. The third-order valence-electron chi connectivity index (χ3n) is 18.1. The van der Waals surface area contributed by atoms with Crippen LogP contribution < -0.4 is 47.1 Å². The number of carboxylic acids is 1. The minimum Gasteiger partial charge on any atom is -0.508 e. The van der Waals surface area contributed by atoms with Gasteiger partial charge in [-0.05, 0) is 109 Å². The molecule has 5 heterocycles. The highest BCUT2D eigenvalue weighted by molar-refractivity contribution is 5.90. The number of dihydropyridines is 1. The largest absolute Gasteiger partial charge is 0.508 e. The Hall–Kier alpha value is -7.64. The number of aromatic nitrogens is 1. The second-order valence-corrected chi connectivity index (χ2v) is 21.9. The summed E-state index contributed by atoms with van der Waals surface area (Å²) in [5.41, 5.74) is 4.97. The van der Waals surface area contributed by atoms with E-state index in [2.05, 4.69) is 45.2 Å². The molecule has 14 unspecified atom stereocenters. The summed E-state index contributed by atoms with van der Waals surface area (Å²) in [5.74, 6) is -3.72. The van der Waals surface area contributed by atoms with Gasteiger partial charge in [0.15, 0.2) is 34.7 Å². The summed E-state index contributed by atoms with van der Waals surface area (Å²) < 4.78 is 31.1. The molecule has 0 radical (unpaired) electrons. The topological polar surface area (TPSA) is 370 Å². The third kappa shape index (κ3) is 7.09. The standard InChI is InChI=1S/C57H58N6O16/c58-42-9-8-34(63-42)45(67)39(24-64)75-31-6-4-26(5-7-31)36-18-35(66)44-37(76-36)19-38(47(46(44)68)78-50(71)27-2-1-3-30(65)16-27)77-52-55(73)21-40-54(41-23-60-25-62-41,57(74,51(55)72)48(79-52)49(69)70)20-28-10-13-53-14-11-29-22-61-43(59)17-33(29)56(40,53)32(28)12-15-53/h1-11,13-14,16-19,21,28,32,39,41,45,48,50-52,60-65,67-68,71-74H,12,15,20,22-25,58-59H2,(H,69,70). The van der Waals surface area contributed by atoms with E-state index in [0.29, 0.717) is 47.9 Å². The average molecular weight is 1080 g/mol. The number of H-pyrrole nitrogens is 1. The second-order valence-electron chi connectivity index (χ2n) is 21.9. The van der Waals surface area contributed by atoms with Gasteiger partial charge in [0, 0.05) is 71.0 Å². The number of carboxylic acid groups (broad SMARTS) is 1. The molecule has 13 rings (SSSR count). The number of nitrogen functional groups attached to an aromatic ring is 1. The maximum absolute atomic E-state index is 14.2. The first-order chi connectivity index (χ1) is 37.9. The lowest BCUT2D eigenvalue weighted by molar-refractivity contribution is -0.364. The van der Waals surface area contributed by atoms with Crippen LogP contribution in [0.4, 0.5) is 5.82 Å². The smallest absolute Gasteiger partial charge is 0.336 e. The number of fused-ring (bicyclic) bond motifs is 5. The highest BCUT2D eigenvalue weighted by Gasteiger charge is 2.83. The Balaban J connectivity index is 0.961. The van der Waals surface area contributed by atoms with Gasteiger partial charge in [-0.25, -0.2) is 4.79 Å². The number of aromatic amines is 1. The lowest BCUT2D eigenvalue weighted by Gasteiger charge is -2.72. The highest BCUT2D eigenvalue weighted by Crippen LogP contribution is 2.80. The number of phenols is 2. The van der Waals surface area contributed by atoms with Gasteiger partial charge in [-0.3, -0.25) is 10.1 Å². The number of aliphatic hydroxyl groups is 6. The molecule has 2 aromatic heterocycles. The number of hydrogen-bond acceptors (Lipinski definition) is 20. The normalized spacial score (nSPS) is 33.8. The summed E-state index contributed by atoms with van der Waals surface area (Å²) in [5, 5.41) is 116. The van der Waals surface area contributed by atoms with Gasteiger partial charge in [0.25, 0.3) is 0 Å². The first-order valence-electron chi connectivity index (χ1n) is 26.0. The molecule has 8 aliphatic rings. The van der Waals surface area contributed by atoms with E-state index >= 15 is 0 Å². The molecule has 3 aliphatic heterocycles. The number of hydrogen-bond donors (Lipinski definition) is 15. The van der Waals surface area contributed by atoms with Gasteiger partial charge in [-0.15, -0.1) is 0 Å². The molecule has 22 nitrogen and oxygen atoms in total. The summed E-state index contributed by atoms with van der Waals surface area (Å²) in [7, 11) is 0. The maximum Gasteiger partial charge on any atom is 0.336 e. The molecule has 2 saturated heterocycles. The fourth-order valence-corrected chi connectivity index (χ4v) is 14.8. The van der Waals surface area contributed by atoms with Gasteiger partial charge in [0.05, 0.1) is 12.4 Å². The predicted molar refractivity (Wildman–Crippen MR) is 279 cm³/mol. The van der Waals surface area contributed by atoms with Gasteiger partial charge >= 0.3 is 5.97 Å². The molecule has 14 atom stereocenters. The van der Waals surface area contributed by atoms with Crippen LogP contribution >= 0.6 is 0 Å². The molecule has 0 amide bonds. The van der Waals surface area contributed by atoms with Crippen molar-refractivity contribution < 1.29 is 74.1 Å². The van der Waals surface area contributed by atoms with Crippen molar-refractivity contribution in [1.82, 2.24) is 20.9 Å². The van der Waals surface area contributed by atoms with E-state index in [1.807, 2.05) is 6.08 Å². The number of phenolic OH excluding ortho intramolecular Hbond substituents is 2. The van der Waals surface area contributed by atoms with E-state index in [1.165, 1.54) is 54.6 Å². The Morgan fingerprint density at radius 2 is 1.80 bits per heavy atom. The molecule has 3 aromatic carbocycles. The number of rotatable bonds is 13. The van der Waals surface area contributed by atoms with Crippen LogP contribution in [0.3, 0.4) is 0 Å². The Morgan fingerprint density at radius 1 is 0.987 bits per heavy atom. The summed E-state index contributed by atoms with van der Waals surface area (Å²) in [4.78, 5) is 31.0. The molecule has 1 spiro atoms. The number of ether oxygens (including phenoxy) is 4. The molecular formula is C57H58N6O16. The van der Waals surface area contributed by atoms with Crippen molar-refractivity contribution >= 4 is 22.8 Å². The number of nitrogens with two attached hydrogens (primary N) is 2. The molecule has 2 saturated carbocycles. The summed E-state index contributed by atoms with van der Waals surface area (Å²) >= 11 is 0. The van der Waals surface area contributed by atoms with Gasteiger partial charge in [-0.1, -0.05) is 36.4 Å². The number of aliphatic carboxylic acids is 1. The van der Waals surface area contributed by atoms with Crippen LogP contribution in [0.2, 0.25) is 0 Å². The molecule has 5 aliphatic carbocycles. The van der Waals surface area contributed by atoms with Crippen molar-refractivity contribution in [2.75, 3.05) is 32.1 Å². The zero-order valence-electron chi connectivity index (χ0n) is 42.1. The summed E-state index contributed by atoms with van der Waals surface area (Å²) in [6.07, 6.45) is 2.09. The van der Waals surface area contributed by atoms with Crippen LogP contribution in [-0.2, 0) is 9.53 Å². The SMILES string of the molecule is NC1=CC2=C(C=CC34C=CC5CC6(C7CNCN7)C(=CC7(O)C(Oc8cc9oc(-c%10ccc(OC(CO)C(O)c%11ccc(N)[nH]%11)cc%10)cc(=O)c9c(O)c8OC(O)c8cccc(O)c8)OC(C(=O)O)C6(O)C7O)C23C5CC4)CN1. The minimum absolute atomic E-state index is 0.0147. The van der Waals surface area contributed by atoms with Crippen LogP contribution in [0.15, 0.2) is 141 Å². The lowest BCUT2D eigenvalue weighted by Crippen LogP contribution is -2.85. The average Bonchev–Trinajstić information content (AvgIpc) is 1.96. The number of nitrogens with one attached hydrogen (secondary N) is 4. The van der Waals surface area contributed by atoms with Crippen LogP contribution in [0.25, 0.3) is 22.3 Å². The van der Waals surface area contributed by atoms with Crippen molar-refractivity contribution in [3.05, 3.63) is 153 Å². The quantitative estimate of drug-likeness (QED) is 0.0592. The number of aromatic hydroxyl groups is 2. The molecule has 6 bridgehead atoms. The maximum atomic E-state index is 14.2. The van der Waals surface area contributed by atoms with E-state index in [9.17, 15) is 55.5 Å². The van der Waals surface area contributed by atoms with Gasteiger partial charge in [0.2, 0.25) is 18.3 Å². The Labute approximate surface area is 449 Å². The van der Waals surface area contributed by atoms with Crippen molar-refractivity contribution in [3.8, 4) is 40.1 Å². The third-order valence-corrected chi connectivity index (χ3v) is 18.1. The second kappa shape index (κ2) is 17.9. The first kappa shape index (κ1) is 50.8. The van der Waals surface area contributed by atoms with Crippen molar-refractivity contribution in [2.24, 2.45) is 33.8 Å². The van der Waals surface area contributed by atoms with Gasteiger partial charge in [-0.2, -0.15) is 0 Å². The molecule has 17 N–H and O–H groups in total. The zero-order chi connectivity index (χ0) is 55.1. The Morgan fingerprint density at radius 3 is 2.52 bits per heavy atom. The van der Waals surface area contributed by atoms with Crippen LogP contribution in [0, 0.1) is 28.1 Å². The fourth-order valence-electron chi connectivity index (χ4n) is 14.8. The summed E-state index contributed by atoms with van der Waals surface area (Å²) in [6, 6.07) is 16.0. The summed E-state index contributed by atoms with van der Waals surface area (Å²) in [6.45, 7) is 0.324. The minimum atomic E-state index is -2.82. The molecule has 79 heavy (non-hydrogen) atoms. The molecule has 412 valence electrons. The van der Waals surface area contributed by atoms with E-state index in [-0.39, 0.29) is 59.9 Å². The van der Waals surface area contributed by atoms with Crippen molar-refractivity contribution in [3.63, 3.8) is 0 Å². The number of carbonyl (C=O) groups is 1. The lowest BCUT2D eigenvalue weighted by atomic mass is 9.34. The molecule has 22 heteroatoms. The number of allylic oxidation sites excluding steroid dienone is 5. The fraction of sp³-hybridized carbons (Fsp3) is 0.368. The first-order valence-corrected chi connectivity index (χ1v) is 26.0. The Bertz CT molecular complexity index is 3570. The van der Waals surface area contributed by atoms with Gasteiger partial charge < -0.3 is 96.4 Å². The van der Waals surface area contributed by atoms with E-state index in [1.54, 1.807) is 12.1 Å². The van der Waals surface area contributed by atoms with Crippen LogP contribution in [0.1, 0.15) is 42.9 Å². The van der Waals surface area contributed by atoms with Crippen molar-refractivity contribution in [1.29, 1.82) is 0 Å². The van der Waals surface area contributed by atoms with Crippen LogP contribution in [0.5, 0.6) is 28.7 Å². The highest BCUT2D eigenvalue weighted by atomic mass is 16.7. The predicted octanol–water partition coefficient (Wildman–Crippen LogP) is 2.02. The monoisotopic (exact) mass is 1080 g/mol. The zero-order valence-corrected chi connectivity index (χ0v) is 42.1. The van der Waals surface area contributed by atoms with E-state index in [0.717, 1.165) is 23.3 Å². The van der Waals surface area contributed by atoms with E-state index < -0.39 is 111 Å². The number of benzene rings is 3. The number of anilines is 1. The number of aliphatic hydroxyl groups excluding tert-OH is 4. The Kier molecular flexibility index (Phi) is 11.5.